The lowest BCUT2D eigenvalue weighted by atomic mass is 9.63. The number of nitrogens with one attached hydrogen (secondary N) is 1. The first kappa shape index (κ1) is 15.2. The second-order valence-electron chi connectivity index (χ2n) is 5.92. The smallest absolute Gasteiger partial charge is 0.325 e. The summed E-state index contributed by atoms with van der Waals surface area (Å²) < 4.78 is 1.18. The highest BCUT2D eigenvalue weighted by atomic mass is 16.4. The van der Waals surface area contributed by atoms with Gasteiger partial charge in [-0.1, -0.05) is 36.2 Å². The highest BCUT2D eigenvalue weighted by Gasteiger charge is 2.45. The van der Waals surface area contributed by atoms with E-state index in [9.17, 15) is 9.59 Å². The number of aryl methyl sites for hydroxylation is 1. The Labute approximate surface area is 133 Å². The number of hydrogen-bond acceptors (Lipinski definition) is 4. The first-order valence-corrected chi connectivity index (χ1v) is 7.49. The Bertz CT molecular complexity index is 732. The number of aromatic nitrogens is 3. The van der Waals surface area contributed by atoms with Crippen molar-refractivity contribution in [2.24, 2.45) is 0 Å². The van der Waals surface area contributed by atoms with Crippen LogP contribution in [0, 0.1) is 6.92 Å². The topological polar surface area (TPSA) is 97.1 Å². The summed E-state index contributed by atoms with van der Waals surface area (Å²) in [6, 6.07) is 7.99. The molecule has 0 aliphatic heterocycles. The molecule has 7 nitrogen and oxygen atoms in total. The molecule has 3 rings (SSSR count). The van der Waals surface area contributed by atoms with Crippen LogP contribution >= 0.6 is 0 Å². The summed E-state index contributed by atoms with van der Waals surface area (Å²) in [4.78, 5) is 27.3. The van der Waals surface area contributed by atoms with Crippen LogP contribution in [0.2, 0.25) is 0 Å². The minimum atomic E-state index is -1.01. The number of benzene rings is 1. The summed E-state index contributed by atoms with van der Waals surface area (Å²) in [5.41, 5.74) is 1.61. The SMILES string of the molecule is Cc1ccc(C2(C(=O)Nc3ncn(CC(=O)O)n3)CCC2)cc1. The van der Waals surface area contributed by atoms with E-state index in [1.165, 1.54) is 11.0 Å². The highest BCUT2D eigenvalue weighted by molar-refractivity contribution is 5.98. The molecule has 0 bridgehead atoms. The number of amides is 1. The number of carbonyl (C=O) groups is 2. The quantitative estimate of drug-likeness (QED) is 0.876. The second kappa shape index (κ2) is 5.83. The fourth-order valence-corrected chi connectivity index (χ4v) is 2.84. The number of nitrogens with zero attached hydrogens (tertiary/aromatic N) is 3. The van der Waals surface area contributed by atoms with Crippen LogP contribution in [0.25, 0.3) is 0 Å². The number of anilines is 1. The number of carbonyl (C=O) groups excluding carboxylic acids is 1. The lowest BCUT2D eigenvalue weighted by Crippen LogP contribution is -2.46. The molecule has 2 N–H and O–H groups in total. The summed E-state index contributed by atoms with van der Waals surface area (Å²) in [5, 5.41) is 15.4. The molecular weight excluding hydrogens is 296 g/mol. The van der Waals surface area contributed by atoms with Crippen molar-refractivity contribution in [2.45, 2.75) is 38.1 Å². The van der Waals surface area contributed by atoms with Crippen molar-refractivity contribution in [3.8, 4) is 0 Å². The van der Waals surface area contributed by atoms with Gasteiger partial charge in [-0.25, -0.2) is 9.67 Å². The van der Waals surface area contributed by atoms with Gasteiger partial charge in [0, 0.05) is 0 Å². The Morgan fingerprint density at radius 2 is 2.00 bits per heavy atom. The van der Waals surface area contributed by atoms with Crippen molar-refractivity contribution >= 4 is 17.8 Å². The molecule has 23 heavy (non-hydrogen) atoms. The molecule has 0 saturated heterocycles. The molecule has 1 saturated carbocycles. The van der Waals surface area contributed by atoms with Gasteiger partial charge in [-0.3, -0.25) is 14.9 Å². The van der Waals surface area contributed by atoms with Gasteiger partial charge in [0.2, 0.25) is 11.9 Å². The molecule has 0 atom stereocenters. The Kier molecular flexibility index (Phi) is 3.85. The molecule has 0 spiro atoms. The number of aliphatic carboxylic acids is 1. The van der Waals surface area contributed by atoms with E-state index in [2.05, 4.69) is 15.4 Å². The Balaban J connectivity index is 1.77. The summed E-state index contributed by atoms with van der Waals surface area (Å²) in [5.74, 6) is -1.02. The Hall–Kier alpha value is -2.70. The predicted molar refractivity (Wildman–Crippen MR) is 83.0 cm³/mol. The zero-order valence-electron chi connectivity index (χ0n) is 12.8. The van der Waals surface area contributed by atoms with E-state index in [4.69, 9.17) is 5.11 Å². The van der Waals surface area contributed by atoms with E-state index in [1.807, 2.05) is 31.2 Å². The molecule has 1 aliphatic rings. The van der Waals surface area contributed by atoms with Gasteiger partial charge in [0.25, 0.3) is 0 Å². The van der Waals surface area contributed by atoms with Gasteiger partial charge in [0.1, 0.15) is 12.9 Å². The van der Waals surface area contributed by atoms with Crippen molar-refractivity contribution in [3.63, 3.8) is 0 Å². The average molecular weight is 314 g/mol. The van der Waals surface area contributed by atoms with Crippen LogP contribution in [0.4, 0.5) is 5.95 Å². The van der Waals surface area contributed by atoms with Gasteiger partial charge in [0.05, 0.1) is 5.41 Å². The fourth-order valence-electron chi connectivity index (χ4n) is 2.84. The molecule has 0 unspecified atom stereocenters. The van der Waals surface area contributed by atoms with Crippen LogP contribution < -0.4 is 5.32 Å². The highest BCUT2D eigenvalue weighted by Crippen LogP contribution is 2.44. The third-order valence-corrected chi connectivity index (χ3v) is 4.30. The summed E-state index contributed by atoms with van der Waals surface area (Å²) in [6.45, 7) is 1.72. The van der Waals surface area contributed by atoms with Crippen LogP contribution in [0.15, 0.2) is 30.6 Å². The van der Waals surface area contributed by atoms with E-state index in [0.29, 0.717) is 0 Å². The minimum Gasteiger partial charge on any atom is -0.480 e. The fraction of sp³-hybridized carbons (Fsp3) is 0.375. The number of carboxylic acids is 1. The number of hydrogen-bond donors (Lipinski definition) is 2. The summed E-state index contributed by atoms with van der Waals surface area (Å²) >= 11 is 0. The molecule has 1 fully saturated rings. The van der Waals surface area contributed by atoms with E-state index >= 15 is 0 Å². The summed E-state index contributed by atoms with van der Waals surface area (Å²) in [6.07, 6.45) is 3.88. The first-order valence-electron chi connectivity index (χ1n) is 7.49. The molecule has 1 aliphatic carbocycles. The zero-order valence-corrected chi connectivity index (χ0v) is 12.8. The molecule has 1 heterocycles. The monoisotopic (exact) mass is 314 g/mol. The molecule has 2 aromatic rings. The third kappa shape index (κ3) is 2.94. The molecule has 0 radical (unpaired) electrons. The van der Waals surface area contributed by atoms with E-state index in [-0.39, 0.29) is 18.4 Å². The standard InChI is InChI=1S/C16H18N4O3/c1-11-3-5-12(6-4-11)16(7-2-8-16)14(23)18-15-17-10-20(19-15)9-13(21)22/h3-6,10H,2,7-9H2,1H3,(H,21,22)(H,18,19,23). The van der Waals surface area contributed by atoms with Crippen LogP contribution in [-0.2, 0) is 21.5 Å². The van der Waals surface area contributed by atoms with Gasteiger partial charge < -0.3 is 5.11 Å². The van der Waals surface area contributed by atoms with Crippen LogP contribution in [0.1, 0.15) is 30.4 Å². The van der Waals surface area contributed by atoms with E-state index in [1.54, 1.807) is 0 Å². The molecule has 1 aromatic carbocycles. The predicted octanol–water partition coefficient (Wildman–Crippen LogP) is 1.73. The normalized spacial score (nSPS) is 15.7. The van der Waals surface area contributed by atoms with Crippen molar-refractivity contribution in [3.05, 3.63) is 41.7 Å². The van der Waals surface area contributed by atoms with Gasteiger partial charge in [-0.05, 0) is 25.3 Å². The van der Waals surface area contributed by atoms with E-state index in [0.717, 1.165) is 30.4 Å². The van der Waals surface area contributed by atoms with Crippen molar-refractivity contribution < 1.29 is 14.7 Å². The maximum absolute atomic E-state index is 12.7. The van der Waals surface area contributed by atoms with Crippen molar-refractivity contribution in [2.75, 3.05) is 5.32 Å². The van der Waals surface area contributed by atoms with Gasteiger partial charge in [-0.2, -0.15) is 0 Å². The van der Waals surface area contributed by atoms with E-state index < -0.39 is 11.4 Å². The summed E-state index contributed by atoms with van der Waals surface area (Å²) in [7, 11) is 0. The first-order chi connectivity index (χ1) is 11.0. The minimum absolute atomic E-state index is 0.134. The third-order valence-electron chi connectivity index (χ3n) is 4.30. The van der Waals surface area contributed by atoms with Crippen LogP contribution in [-0.4, -0.2) is 31.7 Å². The molecule has 7 heteroatoms. The lowest BCUT2D eigenvalue weighted by molar-refractivity contribution is -0.137. The van der Waals surface area contributed by atoms with Crippen molar-refractivity contribution in [1.29, 1.82) is 0 Å². The molecule has 1 amide bonds. The van der Waals surface area contributed by atoms with Gasteiger partial charge in [-0.15, -0.1) is 5.10 Å². The maximum Gasteiger partial charge on any atom is 0.325 e. The molecule has 120 valence electrons. The average Bonchev–Trinajstić information content (AvgIpc) is 2.86. The van der Waals surface area contributed by atoms with Gasteiger partial charge >= 0.3 is 5.97 Å². The Morgan fingerprint density at radius 3 is 2.57 bits per heavy atom. The lowest BCUT2D eigenvalue weighted by Gasteiger charge is -2.40. The van der Waals surface area contributed by atoms with Crippen LogP contribution in [0.3, 0.4) is 0 Å². The van der Waals surface area contributed by atoms with Crippen LogP contribution in [0.5, 0.6) is 0 Å². The number of rotatable bonds is 5. The maximum atomic E-state index is 12.7. The second-order valence-corrected chi connectivity index (χ2v) is 5.92. The zero-order chi connectivity index (χ0) is 16.4. The molecule has 1 aromatic heterocycles. The van der Waals surface area contributed by atoms with Crippen molar-refractivity contribution in [1.82, 2.24) is 14.8 Å². The Morgan fingerprint density at radius 1 is 1.30 bits per heavy atom. The largest absolute Gasteiger partial charge is 0.480 e. The molecular formula is C16H18N4O3. The number of carboxylic acid groups (broad SMARTS) is 1. The van der Waals surface area contributed by atoms with Gasteiger partial charge in [0.15, 0.2) is 0 Å².